The quantitative estimate of drug-likeness (QED) is 0.711. The van der Waals surface area contributed by atoms with Gasteiger partial charge in [0.05, 0.1) is 5.69 Å². The van der Waals surface area contributed by atoms with Crippen LogP contribution in [0.15, 0.2) is 66.9 Å². The Morgan fingerprint density at radius 3 is 1.90 bits per heavy atom. The Kier molecular flexibility index (Phi) is 3.77. The molecule has 2 aromatic carbocycles. The highest BCUT2D eigenvalue weighted by Crippen LogP contribution is 2.28. The first kappa shape index (κ1) is 13.5. The SMILES string of the molecule is OB(O)c1ncc(-c2ccccc2)c(-c2ccccc2)n1. The molecule has 1 aromatic heterocycles. The summed E-state index contributed by atoms with van der Waals surface area (Å²) >= 11 is 0. The van der Waals surface area contributed by atoms with E-state index >= 15 is 0 Å². The van der Waals surface area contributed by atoms with E-state index in [2.05, 4.69) is 9.97 Å². The van der Waals surface area contributed by atoms with E-state index in [1.807, 2.05) is 60.7 Å². The molecule has 0 amide bonds. The smallest absolute Gasteiger partial charge is 0.421 e. The zero-order chi connectivity index (χ0) is 14.7. The maximum Gasteiger partial charge on any atom is 0.528 e. The van der Waals surface area contributed by atoms with Crippen LogP contribution >= 0.6 is 0 Å². The van der Waals surface area contributed by atoms with E-state index in [9.17, 15) is 10.0 Å². The van der Waals surface area contributed by atoms with Crippen LogP contribution in [0.3, 0.4) is 0 Å². The zero-order valence-electron chi connectivity index (χ0n) is 11.2. The van der Waals surface area contributed by atoms with Gasteiger partial charge in [-0.15, -0.1) is 0 Å². The van der Waals surface area contributed by atoms with E-state index in [1.165, 1.54) is 0 Å². The lowest BCUT2D eigenvalue weighted by Gasteiger charge is -2.10. The molecular weight excluding hydrogens is 263 g/mol. The first-order valence-electron chi connectivity index (χ1n) is 6.59. The van der Waals surface area contributed by atoms with Crippen LogP contribution in [0.1, 0.15) is 0 Å². The minimum Gasteiger partial charge on any atom is -0.421 e. The largest absolute Gasteiger partial charge is 0.528 e. The van der Waals surface area contributed by atoms with Crippen molar-refractivity contribution in [2.75, 3.05) is 0 Å². The number of nitrogens with zero attached hydrogens (tertiary/aromatic N) is 2. The van der Waals surface area contributed by atoms with Crippen LogP contribution in [0, 0.1) is 0 Å². The zero-order valence-corrected chi connectivity index (χ0v) is 11.2. The summed E-state index contributed by atoms with van der Waals surface area (Å²) < 4.78 is 0. The van der Waals surface area contributed by atoms with Crippen molar-refractivity contribution in [3.8, 4) is 22.4 Å². The van der Waals surface area contributed by atoms with E-state index in [1.54, 1.807) is 6.20 Å². The predicted octanol–water partition coefficient (Wildman–Crippen LogP) is 1.49. The molecule has 0 aliphatic heterocycles. The number of benzene rings is 2. The Morgan fingerprint density at radius 1 is 0.762 bits per heavy atom. The Labute approximate surface area is 122 Å². The average molecular weight is 276 g/mol. The van der Waals surface area contributed by atoms with Gasteiger partial charge in [0.1, 0.15) is 0 Å². The molecule has 0 atom stereocenters. The molecule has 1 heterocycles. The average Bonchev–Trinajstić information content (AvgIpc) is 2.56. The van der Waals surface area contributed by atoms with Gasteiger partial charge in [-0.2, -0.15) is 0 Å². The summed E-state index contributed by atoms with van der Waals surface area (Å²) in [4.78, 5) is 8.34. The second kappa shape index (κ2) is 5.87. The van der Waals surface area contributed by atoms with Crippen LogP contribution < -0.4 is 5.72 Å². The molecule has 0 saturated heterocycles. The summed E-state index contributed by atoms with van der Waals surface area (Å²) in [7, 11) is -1.68. The molecule has 4 nitrogen and oxygen atoms in total. The minimum atomic E-state index is -1.68. The van der Waals surface area contributed by atoms with Crippen LogP contribution in [-0.4, -0.2) is 27.1 Å². The number of hydrogen-bond acceptors (Lipinski definition) is 4. The van der Waals surface area contributed by atoms with Crippen molar-refractivity contribution in [3.05, 3.63) is 66.9 Å². The normalized spacial score (nSPS) is 10.4. The number of aromatic nitrogens is 2. The highest BCUT2D eigenvalue weighted by Gasteiger charge is 2.18. The third kappa shape index (κ3) is 2.84. The summed E-state index contributed by atoms with van der Waals surface area (Å²) in [6.07, 6.45) is 1.62. The van der Waals surface area contributed by atoms with Crippen LogP contribution in [0.2, 0.25) is 0 Å². The van der Waals surface area contributed by atoms with Crippen molar-refractivity contribution in [3.63, 3.8) is 0 Å². The topological polar surface area (TPSA) is 66.2 Å². The fourth-order valence-electron chi connectivity index (χ4n) is 2.16. The lowest BCUT2D eigenvalue weighted by atomic mass is 9.89. The van der Waals surface area contributed by atoms with Gasteiger partial charge in [-0.1, -0.05) is 60.7 Å². The first-order chi connectivity index (χ1) is 10.3. The van der Waals surface area contributed by atoms with Gasteiger partial charge >= 0.3 is 7.12 Å². The minimum absolute atomic E-state index is 0.00599. The fraction of sp³-hybridized carbons (Fsp3) is 0. The predicted molar refractivity (Wildman–Crippen MR) is 82.7 cm³/mol. The van der Waals surface area contributed by atoms with Crippen LogP contribution in [-0.2, 0) is 0 Å². The monoisotopic (exact) mass is 276 g/mol. The molecule has 0 fully saturated rings. The maximum absolute atomic E-state index is 9.29. The molecule has 0 radical (unpaired) electrons. The van der Waals surface area contributed by atoms with Crippen molar-refractivity contribution >= 4 is 12.8 Å². The standard InChI is InChI=1S/C16H13BN2O2/c20-17(21)16-18-11-14(12-7-3-1-4-8-12)15(19-16)13-9-5-2-6-10-13/h1-11,20-21H. The second-order valence-corrected chi connectivity index (χ2v) is 4.60. The Morgan fingerprint density at radius 2 is 1.33 bits per heavy atom. The molecule has 0 unspecified atom stereocenters. The van der Waals surface area contributed by atoms with Gasteiger partial charge in [-0.25, -0.2) is 9.97 Å². The highest BCUT2D eigenvalue weighted by molar-refractivity contribution is 6.56. The Balaban J connectivity index is 2.21. The van der Waals surface area contributed by atoms with E-state index in [-0.39, 0.29) is 5.72 Å². The van der Waals surface area contributed by atoms with Crippen molar-refractivity contribution in [1.82, 2.24) is 9.97 Å². The summed E-state index contributed by atoms with van der Waals surface area (Å²) in [6, 6.07) is 19.4. The molecule has 2 N–H and O–H groups in total. The van der Waals surface area contributed by atoms with E-state index in [4.69, 9.17) is 0 Å². The Bertz CT molecular complexity index is 734. The lowest BCUT2D eigenvalue weighted by molar-refractivity contribution is 0.422. The van der Waals surface area contributed by atoms with Crippen molar-refractivity contribution < 1.29 is 10.0 Å². The molecule has 5 heteroatoms. The van der Waals surface area contributed by atoms with Crippen molar-refractivity contribution in [1.29, 1.82) is 0 Å². The Hall–Kier alpha value is -2.50. The van der Waals surface area contributed by atoms with Gasteiger partial charge < -0.3 is 10.0 Å². The second-order valence-electron chi connectivity index (χ2n) is 4.60. The molecule has 3 aromatic rings. The van der Waals surface area contributed by atoms with E-state index in [0.29, 0.717) is 5.69 Å². The number of rotatable bonds is 3. The van der Waals surface area contributed by atoms with E-state index in [0.717, 1.165) is 16.7 Å². The van der Waals surface area contributed by atoms with Gasteiger partial charge in [0.2, 0.25) is 0 Å². The summed E-state index contributed by atoms with van der Waals surface area (Å²) in [5.41, 5.74) is 3.41. The fourth-order valence-corrected chi connectivity index (χ4v) is 2.16. The molecule has 3 rings (SSSR count). The lowest BCUT2D eigenvalue weighted by Crippen LogP contribution is -2.35. The van der Waals surface area contributed by atoms with Crippen LogP contribution in [0.25, 0.3) is 22.4 Å². The van der Waals surface area contributed by atoms with Crippen molar-refractivity contribution in [2.24, 2.45) is 0 Å². The molecule has 0 aliphatic rings. The molecule has 0 saturated carbocycles. The van der Waals surface area contributed by atoms with Gasteiger partial charge in [0.15, 0.2) is 5.72 Å². The molecule has 0 aliphatic carbocycles. The molecule has 102 valence electrons. The van der Waals surface area contributed by atoms with Gasteiger partial charge in [0, 0.05) is 17.3 Å². The van der Waals surface area contributed by atoms with Crippen LogP contribution in [0.5, 0.6) is 0 Å². The summed E-state index contributed by atoms with van der Waals surface area (Å²) in [5, 5.41) is 18.6. The molecule has 0 bridgehead atoms. The summed E-state index contributed by atoms with van der Waals surface area (Å²) in [6.45, 7) is 0. The summed E-state index contributed by atoms with van der Waals surface area (Å²) in [5.74, 6) is 0. The van der Waals surface area contributed by atoms with Gasteiger partial charge in [-0.3, -0.25) is 0 Å². The van der Waals surface area contributed by atoms with Crippen molar-refractivity contribution in [2.45, 2.75) is 0 Å². The third-order valence-corrected chi connectivity index (χ3v) is 3.17. The first-order valence-corrected chi connectivity index (χ1v) is 6.59. The number of hydrogen-bond donors (Lipinski definition) is 2. The van der Waals surface area contributed by atoms with E-state index < -0.39 is 7.12 Å². The van der Waals surface area contributed by atoms with Crippen LogP contribution in [0.4, 0.5) is 0 Å². The van der Waals surface area contributed by atoms with Gasteiger partial charge in [0.25, 0.3) is 0 Å². The van der Waals surface area contributed by atoms with Gasteiger partial charge in [-0.05, 0) is 5.56 Å². The molecule has 0 spiro atoms. The highest BCUT2D eigenvalue weighted by atomic mass is 16.4. The third-order valence-electron chi connectivity index (χ3n) is 3.17. The molecular formula is C16H13BN2O2. The maximum atomic E-state index is 9.29. The molecule has 21 heavy (non-hydrogen) atoms.